The zero-order valence-corrected chi connectivity index (χ0v) is 13.8. The molecular formula is C15H17Cl2NO4. The van der Waals surface area contributed by atoms with E-state index in [2.05, 4.69) is 11.9 Å². The molecule has 0 aliphatic rings. The van der Waals surface area contributed by atoms with Gasteiger partial charge in [0.05, 0.1) is 5.02 Å². The zero-order chi connectivity index (χ0) is 16.7. The summed E-state index contributed by atoms with van der Waals surface area (Å²) < 4.78 is 10.4. The van der Waals surface area contributed by atoms with Crippen LogP contribution in [0.2, 0.25) is 10.0 Å². The van der Waals surface area contributed by atoms with Gasteiger partial charge in [-0.05, 0) is 32.0 Å². The van der Waals surface area contributed by atoms with Crippen LogP contribution >= 0.6 is 23.2 Å². The summed E-state index contributed by atoms with van der Waals surface area (Å²) >= 11 is 11.7. The summed E-state index contributed by atoms with van der Waals surface area (Å²) in [5.41, 5.74) is 0. The lowest BCUT2D eigenvalue weighted by atomic mass is 10.3. The molecule has 0 aliphatic heterocycles. The van der Waals surface area contributed by atoms with Crippen molar-refractivity contribution in [3.8, 4) is 5.75 Å². The predicted molar refractivity (Wildman–Crippen MR) is 85.3 cm³/mol. The van der Waals surface area contributed by atoms with Crippen molar-refractivity contribution in [2.75, 3.05) is 6.54 Å². The lowest BCUT2D eigenvalue weighted by molar-refractivity contribution is -0.160. The molecule has 0 saturated heterocycles. The van der Waals surface area contributed by atoms with Gasteiger partial charge in [-0.1, -0.05) is 29.3 Å². The minimum absolute atomic E-state index is 0.281. The van der Waals surface area contributed by atoms with Crippen molar-refractivity contribution in [2.45, 2.75) is 26.1 Å². The van der Waals surface area contributed by atoms with Gasteiger partial charge < -0.3 is 14.8 Å². The first-order valence-corrected chi connectivity index (χ1v) is 7.31. The second kappa shape index (κ2) is 8.66. The molecule has 0 unspecified atom stereocenters. The number of halogens is 2. The normalized spacial score (nSPS) is 12.9. The molecule has 1 amide bonds. The second-order valence-electron chi connectivity index (χ2n) is 4.45. The number of esters is 1. The van der Waals surface area contributed by atoms with Gasteiger partial charge in [-0.2, -0.15) is 0 Å². The molecular weight excluding hydrogens is 329 g/mol. The van der Waals surface area contributed by atoms with E-state index < -0.39 is 24.1 Å². The van der Waals surface area contributed by atoms with E-state index in [0.29, 0.717) is 17.3 Å². The van der Waals surface area contributed by atoms with Crippen LogP contribution in [0.3, 0.4) is 0 Å². The summed E-state index contributed by atoms with van der Waals surface area (Å²) in [6, 6.07) is 4.64. The minimum atomic E-state index is -0.931. The molecule has 1 rings (SSSR count). The number of amides is 1. The third-order valence-electron chi connectivity index (χ3n) is 2.61. The maximum atomic E-state index is 11.9. The smallest absolute Gasteiger partial charge is 0.347 e. The van der Waals surface area contributed by atoms with Crippen LogP contribution in [0, 0.1) is 0 Å². The number of carbonyl (C=O) groups is 2. The SMILES string of the molecule is C=CCNC(=O)[C@H](C)OC(=O)[C@H](C)Oc1ccc(Cl)cc1Cl. The van der Waals surface area contributed by atoms with E-state index in [4.69, 9.17) is 32.7 Å². The highest BCUT2D eigenvalue weighted by molar-refractivity contribution is 6.35. The average molecular weight is 346 g/mol. The van der Waals surface area contributed by atoms with Gasteiger partial charge in [0.25, 0.3) is 5.91 Å². The van der Waals surface area contributed by atoms with Crippen molar-refractivity contribution in [3.63, 3.8) is 0 Å². The van der Waals surface area contributed by atoms with Crippen LogP contribution in [0.15, 0.2) is 30.9 Å². The van der Waals surface area contributed by atoms with Gasteiger partial charge in [-0.15, -0.1) is 6.58 Å². The van der Waals surface area contributed by atoms with Crippen LogP contribution in [0.5, 0.6) is 5.75 Å². The summed E-state index contributed by atoms with van der Waals surface area (Å²) in [7, 11) is 0. The van der Waals surface area contributed by atoms with Crippen molar-refractivity contribution in [2.24, 2.45) is 0 Å². The fraction of sp³-hybridized carbons (Fsp3) is 0.333. The number of nitrogens with one attached hydrogen (secondary N) is 1. The highest BCUT2D eigenvalue weighted by Gasteiger charge is 2.23. The first-order chi connectivity index (χ1) is 10.3. The first kappa shape index (κ1) is 18.3. The van der Waals surface area contributed by atoms with Gasteiger partial charge in [0.2, 0.25) is 0 Å². The summed E-state index contributed by atoms with van der Waals surface area (Å²) in [5.74, 6) is -0.781. The van der Waals surface area contributed by atoms with Crippen LogP contribution in [0.4, 0.5) is 0 Å². The number of rotatable bonds is 7. The molecule has 120 valence electrons. The Morgan fingerprint density at radius 2 is 2.00 bits per heavy atom. The molecule has 1 aromatic rings. The molecule has 0 heterocycles. The van der Waals surface area contributed by atoms with E-state index in [1.807, 2.05) is 0 Å². The molecule has 1 aromatic carbocycles. The summed E-state index contributed by atoms with van der Waals surface area (Å²) in [6.07, 6.45) is -0.326. The largest absolute Gasteiger partial charge is 0.477 e. The minimum Gasteiger partial charge on any atom is -0.477 e. The van der Waals surface area contributed by atoms with Crippen LogP contribution in [0.25, 0.3) is 0 Å². The Bertz CT molecular complexity index is 562. The highest BCUT2D eigenvalue weighted by Crippen LogP contribution is 2.28. The van der Waals surface area contributed by atoms with Crippen LogP contribution in [-0.4, -0.2) is 30.6 Å². The molecule has 0 aliphatic carbocycles. The number of carbonyl (C=O) groups excluding carboxylic acids is 2. The molecule has 7 heteroatoms. The van der Waals surface area contributed by atoms with Crippen LogP contribution in [0.1, 0.15) is 13.8 Å². The summed E-state index contributed by atoms with van der Waals surface area (Å²) in [4.78, 5) is 23.5. The van der Waals surface area contributed by atoms with Crippen molar-refractivity contribution in [1.29, 1.82) is 0 Å². The third-order valence-corrected chi connectivity index (χ3v) is 3.14. The number of hydrogen-bond acceptors (Lipinski definition) is 4. The van der Waals surface area contributed by atoms with Crippen LogP contribution in [-0.2, 0) is 14.3 Å². The number of hydrogen-bond donors (Lipinski definition) is 1. The van der Waals surface area contributed by atoms with Gasteiger partial charge in [-0.3, -0.25) is 4.79 Å². The van der Waals surface area contributed by atoms with E-state index in [1.165, 1.54) is 26.0 Å². The third kappa shape index (κ3) is 5.58. The van der Waals surface area contributed by atoms with Gasteiger partial charge in [-0.25, -0.2) is 4.79 Å². The Morgan fingerprint density at radius 1 is 1.32 bits per heavy atom. The number of ether oxygens (including phenoxy) is 2. The molecule has 2 atom stereocenters. The fourth-order valence-corrected chi connectivity index (χ4v) is 1.90. The summed E-state index contributed by atoms with van der Waals surface area (Å²) in [6.45, 7) is 6.75. The lowest BCUT2D eigenvalue weighted by Crippen LogP contribution is -2.38. The van der Waals surface area contributed by atoms with Crippen molar-refractivity contribution in [3.05, 3.63) is 40.9 Å². The molecule has 0 aromatic heterocycles. The Balaban J connectivity index is 2.57. The Labute approximate surface area is 139 Å². The van der Waals surface area contributed by atoms with E-state index in [9.17, 15) is 9.59 Å². The monoisotopic (exact) mass is 345 g/mol. The van der Waals surface area contributed by atoms with Crippen molar-refractivity contribution < 1.29 is 19.1 Å². The standard InChI is InChI=1S/C15H17Cl2NO4/c1-4-7-18-14(19)9(2)22-15(20)10(3)21-13-6-5-11(16)8-12(13)17/h4-6,8-10H,1,7H2,2-3H3,(H,18,19)/t9-,10-/m0/s1. The molecule has 22 heavy (non-hydrogen) atoms. The lowest BCUT2D eigenvalue weighted by Gasteiger charge is -2.18. The Morgan fingerprint density at radius 3 is 2.59 bits per heavy atom. The second-order valence-corrected chi connectivity index (χ2v) is 5.29. The quantitative estimate of drug-likeness (QED) is 0.609. The highest BCUT2D eigenvalue weighted by atomic mass is 35.5. The maximum Gasteiger partial charge on any atom is 0.347 e. The Hall–Kier alpha value is -1.72. The van der Waals surface area contributed by atoms with E-state index in [0.717, 1.165) is 0 Å². The predicted octanol–water partition coefficient (Wildman–Crippen LogP) is 2.99. The maximum absolute atomic E-state index is 11.9. The Kier molecular flexibility index (Phi) is 7.21. The molecule has 0 saturated carbocycles. The molecule has 0 bridgehead atoms. The topological polar surface area (TPSA) is 64.6 Å². The van der Waals surface area contributed by atoms with Gasteiger partial charge in [0, 0.05) is 11.6 Å². The zero-order valence-electron chi connectivity index (χ0n) is 12.3. The van der Waals surface area contributed by atoms with Gasteiger partial charge in [0.1, 0.15) is 5.75 Å². The molecule has 0 fully saturated rings. The molecule has 0 radical (unpaired) electrons. The van der Waals surface area contributed by atoms with Gasteiger partial charge in [0.15, 0.2) is 12.2 Å². The average Bonchev–Trinajstić information content (AvgIpc) is 2.47. The molecule has 5 nitrogen and oxygen atoms in total. The molecule has 0 spiro atoms. The van der Waals surface area contributed by atoms with E-state index in [-0.39, 0.29) is 5.02 Å². The molecule has 1 N–H and O–H groups in total. The summed E-state index contributed by atoms with van der Waals surface area (Å²) in [5, 5.41) is 3.27. The van der Waals surface area contributed by atoms with E-state index in [1.54, 1.807) is 12.1 Å². The number of benzene rings is 1. The first-order valence-electron chi connectivity index (χ1n) is 6.56. The van der Waals surface area contributed by atoms with Gasteiger partial charge >= 0.3 is 5.97 Å². The fourth-order valence-electron chi connectivity index (χ4n) is 1.45. The van der Waals surface area contributed by atoms with E-state index >= 15 is 0 Å². The van der Waals surface area contributed by atoms with Crippen LogP contribution < -0.4 is 10.1 Å². The van der Waals surface area contributed by atoms with Crippen molar-refractivity contribution >= 4 is 35.1 Å². The van der Waals surface area contributed by atoms with Crippen molar-refractivity contribution in [1.82, 2.24) is 5.32 Å².